The smallest absolute Gasteiger partial charge is 0.144 e. The Morgan fingerprint density at radius 3 is 2.70 bits per heavy atom. The molecule has 3 aromatic heterocycles. The second kappa shape index (κ2) is 12.1. The first-order chi connectivity index (χ1) is 22.2. The van der Waals surface area contributed by atoms with E-state index < -0.39 is 11.6 Å². The van der Waals surface area contributed by atoms with E-state index in [2.05, 4.69) is 42.0 Å². The molecule has 0 amide bonds. The van der Waals surface area contributed by atoms with E-state index in [1.165, 1.54) is 34.6 Å². The van der Waals surface area contributed by atoms with Crippen LogP contribution in [0, 0.1) is 11.6 Å². The molecule has 7 rings (SSSR count). The molecule has 5 aromatic rings. The molecule has 2 aromatic carbocycles. The van der Waals surface area contributed by atoms with Crippen LogP contribution in [0.4, 0.5) is 8.78 Å². The minimum Gasteiger partial charge on any atom is -0.490 e. The summed E-state index contributed by atoms with van der Waals surface area (Å²) < 4.78 is 39.5. The van der Waals surface area contributed by atoms with Crippen molar-refractivity contribution in [3.8, 4) is 39.5 Å². The van der Waals surface area contributed by atoms with Crippen LogP contribution in [0.15, 0.2) is 60.1 Å². The number of pyridine rings is 1. The molecule has 0 saturated carbocycles. The topological polar surface area (TPSA) is 63.5 Å². The van der Waals surface area contributed by atoms with Crippen LogP contribution in [-0.2, 0) is 30.8 Å². The molecule has 2 aliphatic rings. The third-order valence-electron chi connectivity index (χ3n) is 8.73. The van der Waals surface area contributed by atoms with Crippen LogP contribution in [0.3, 0.4) is 0 Å². The van der Waals surface area contributed by atoms with Gasteiger partial charge in [0.1, 0.15) is 35.1 Å². The van der Waals surface area contributed by atoms with Gasteiger partial charge in [0.25, 0.3) is 0 Å². The SMILES string of the molecule is CC(C)Oc1cc(F)cc(F)c1-c1c(-c2cc3n(n2)C[C@@H](C)N(C=CC=O)C3)nc(-c2ccc3c(c2)CCN(C)C3)c2ccsc12. The lowest BCUT2D eigenvalue weighted by Gasteiger charge is -2.32. The average Bonchev–Trinajstić information content (AvgIpc) is 3.66. The lowest BCUT2D eigenvalue weighted by Crippen LogP contribution is -2.37. The molecule has 2 aliphatic heterocycles. The van der Waals surface area contributed by atoms with Crippen LogP contribution in [0.5, 0.6) is 5.75 Å². The zero-order chi connectivity index (χ0) is 32.1. The number of halogens is 2. The number of fused-ring (bicyclic) bond motifs is 3. The molecule has 0 saturated heterocycles. The highest BCUT2D eigenvalue weighted by Gasteiger charge is 2.29. The van der Waals surface area contributed by atoms with Gasteiger partial charge in [0.2, 0.25) is 0 Å². The van der Waals surface area contributed by atoms with Crippen LogP contribution >= 0.6 is 11.3 Å². The number of ether oxygens (including phenoxy) is 1. The Bertz CT molecular complexity index is 2000. The van der Waals surface area contributed by atoms with E-state index in [4.69, 9.17) is 14.8 Å². The van der Waals surface area contributed by atoms with Gasteiger partial charge in [-0.1, -0.05) is 12.1 Å². The van der Waals surface area contributed by atoms with Crippen LogP contribution in [0.1, 0.15) is 37.6 Å². The Morgan fingerprint density at radius 2 is 1.89 bits per heavy atom. The summed E-state index contributed by atoms with van der Waals surface area (Å²) in [5.41, 5.74) is 7.13. The van der Waals surface area contributed by atoms with E-state index in [0.29, 0.717) is 30.0 Å². The monoisotopic (exact) mass is 639 g/mol. The molecule has 0 bridgehead atoms. The Labute approximate surface area is 270 Å². The number of hydrogen-bond acceptors (Lipinski definition) is 7. The maximum absolute atomic E-state index is 16.1. The van der Waals surface area contributed by atoms with Crippen molar-refractivity contribution in [2.45, 2.75) is 59.0 Å². The Morgan fingerprint density at radius 1 is 1.04 bits per heavy atom. The molecule has 7 nitrogen and oxygen atoms in total. The van der Waals surface area contributed by atoms with Crippen molar-refractivity contribution >= 4 is 27.7 Å². The maximum atomic E-state index is 16.1. The molecule has 0 N–H and O–H groups in total. The van der Waals surface area contributed by atoms with Crippen LogP contribution < -0.4 is 4.74 Å². The fraction of sp³-hybridized carbons (Fsp3) is 0.306. The van der Waals surface area contributed by atoms with Gasteiger partial charge >= 0.3 is 0 Å². The lowest BCUT2D eigenvalue weighted by molar-refractivity contribution is -0.104. The van der Waals surface area contributed by atoms with E-state index in [9.17, 15) is 9.18 Å². The average molecular weight is 640 g/mol. The molecular formula is C36H35F2N5O2S. The van der Waals surface area contributed by atoms with Gasteiger partial charge in [0, 0.05) is 58.7 Å². The summed E-state index contributed by atoms with van der Waals surface area (Å²) in [6, 6.07) is 12.8. The summed E-state index contributed by atoms with van der Waals surface area (Å²) in [4.78, 5) is 20.7. The summed E-state index contributed by atoms with van der Waals surface area (Å²) in [7, 11) is 2.13. The first-order valence-electron chi connectivity index (χ1n) is 15.5. The van der Waals surface area contributed by atoms with Gasteiger partial charge in [-0.3, -0.25) is 9.48 Å². The molecule has 236 valence electrons. The van der Waals surface area contributed by atoms with Crippen LogP contribution in [0.2, 0.25) is 0 Å². The van der Waals surface area contributed by atoms with Crippen molar-refractivity contribution in [1.29, 1.82) is 0 Å². The third kappa shape index (κ3) is 5.49. The molecule has 1 atom stereocenters. The number of carbonyl (C=O) groups excluding carboxylic acids is 1. The summed E-state index contributed by atoms with van der Waals surface area (Å²) in [6.45, 7) is 8.79. The second-order valence-electron chi connectivity index (χ2n) is 12.4. The maximum Gasteiger partial charge on any atom is 0.144 e. The van der Waals surface area contributed by atoms with Crippen LogP contribution in [-0.4, -0.2) is 56.6 Å². The van der Waals surface area contributed by atoms with Gasteiger partial charge in [-0.15, -0.1) is 11.3 Å². The van der Waals surface area contributed by atoms with Gasteiger partial charge in [0.15, 0.2) is 0 Å². The number of hydrogen-bond donors (Lipinski definition) is 0. The van der Waals surface area contributed by atoms with Crippen molar-refractivity contribution in [2.24, 2.45) is 0 Å². The second-order valence-corrected chi connectivity index (χ2v) is 13.4. The van der Waals surface area contributed by atoms with E-state index in [1.807, 2.05) is 36.0 Å². The molecular weight excluding hydrogens is 604 g/mol. The molecule has 0 aliphatic carbocycles. The van der Waals surface area contributed by atoms with E-state index in [1.54, 1.807) is 6.20 Å². The highest BCUT2D eigenvalue weighted by molar-refractivity contribution is 7.18. The standard InChI is InChI=1S/C36H35F2N5O2S/c1-21(2)45-31-16-26(37)15-29(38)32(31)33-35(30-17-27-20-42(10-5-12-44)22(3)18-43(27)40-30)39-34(28-9-13-46-36(28)33)24-6-7-25-19-41(4)11-8-23(25)14-24/h5-7,9-10,12-17,21-22H,8,11,18-20H2,1-4H3/t22-/m1/s1. The summed E-state index contributed by atoms with van der Waals surface area (Å²) in [6.07, 6.45) is 4.70. The largest absolute Gasteiger partial charge is 0.490 e. The van der Waals surface area contributed by atoms with Gasteiger partial charge in [-0.05, 0) is 75.0 Å². The summed E-state index contributed by atoms with van der Waals surface area (Å²) >= 11 is 1.49. The van der Waals surface area contributed by atoms with Crippen LogP contribution in [0.25, 0.3) is 43.9 Å². The zero-order valence-corrected chi connectivity index (χ0v) is 27.1. The van der Waals surface area contributed by atoms with Gasteiger partial charge in [-0.25, -0.2) is 13.8 Å². The number of carbonyl (C=O) groups is 1. The first kappa shape index (κ1) is 30.3. The number of aromatic nitrogens is 3. The zero-order valence-electron chi connectivity index (χ0n) is 26.3. The summed E-state index contributed by atoms with van der Waals surface area (Å²) in [5, 5.41) is 7.88. The first-order valence-corrected chi connectivity index (χ1v) is 16.4. The Kier molecular flexibility index (Phi) is 7.94. The van der Waals surface area contributed by atoms with Crippen molar-refractivity contribution in [1.82, 2.24) is 24.6 Å². The van der Waals surface area contributed by atoms with Gasteiger partial charge in [-0.2, -0.15) is 5.10 Å². The normalized spacial score (nSPS) is 16.8. The highest BCUT2D eigenvalue weighted by atomic mass is 32.1. The third-order valence-corrected chi connectivity index (χ3v) is 9.66. The van der Waals surface area contributed by atoms with Crippen molar-refractivity contribution in [2.75, 3.05) is 13.6 Å². The molecule has 10 heteroatoms. The highest BCUT2D eigenvalue weighted by Crippen LogP contribution is 2.47. The van der Waals surface area contributed by atoms with Gasteiger partial charge < -0.3 is 14.5 Å². The number of allylic oxidation sites excluding steroid dienone is 1. The minimum atomic E-state index is -0.721. The lowest BCUT2D eigenvalue weighted by atomic mass is 9.93. The molecule has 0 fully saturated rings. The van der Waals surface area contributed by atoms with E-state index in [0.717, 1.165) is 58.9 Å². The number of nitrogens with zero attached hydrogens (tertiary/aromatic N) is 5. The molecule has 0 radical (unpaired) electrons. The number of likely N-dealkylation sites (N-methyl/N-ethyl adjacent to an activating group) is 1. The predicted octanol–water partition coefficient (Wildman–Crippen LogP) is 7.46. The number of benzene rings is 2. The molecule has 0 unspecified atom stereocenters. The van der Waals surface area contributed by atoms with E-state index >= 15 is 4.39 Å². The van der Waals surface area contributed by atoms with E-state index in [-0.39, 0.29) is 23.5 Å². The molecule has 0 spiro atoms. The fourth-order valence-electron chi connectivity index (χ4n) is 6.54. The van der Waals surface area contributed by atoms with Crippen molar-refractivity contribution < 1.29 is 18.3 Å². The fourth-order valence-corrected chi connectivity index (χ4v) is 7.49. The van der Waals surface area contributed by atoms with Gasteiger partial charge in [0.05, 0.1) is 36.1 Å². The number of thiophene rings is 1. The predicted molar refractivity (Wildman–Crippen MR) is 178 cm³/mol. The Balaban J connectivity index is 1.48. The molecule has 5 heterocycles. The number of aldehydes is 1. The minimum absolute atomic E-state index is 0.106. The number of rotatable bonds is 7. The quantitative estimate of drug-likeness (QED) is 0.136. The summed E-state index contributed by atoms with van der Waals surface area (Å²) in [5.74, 6) is -1.31. The Hall–Kier alpha value is -4.41. The molecule has 46 heavy (non-hydrogen) atoms. The van der Waals surface area contributed by atoms with Crippen molar-refractivity contribution in [3.05, 3.63) is 88.6 Å². The van der Waals surface area contributed by atoms with Crippen molar-refractivity contribution in [3.63, 3.8) is 0 Å².